The zero-order valence-electron chi connectivity index (χ0n) is 23.2. The molecule has 0 radical (unpaired) electrons. The number of carbonyl (C=O) groups excluding carboxylic acids is 4. The zero-order valence-corrected chi connectivity index (χ0v) is 26.6. The molecule has 0 aromatic heterocycles. The summed E-state index contributed by atoms with van der Waals surface area (Å²) in [6, 6.07) is 15.1. The van der Waals surface area contributed by atoms with Gasteiger partial charge in [0.15, 0.2) is 0 Å². The monoisotopic (exact) mass is 663 g/mol. The average Bonchev–Trinajstić information content (AvgIpc) is 2.99. The van der Waals surface area contributed by atoms with Gasteiger partial charge in [0.25, 0.3) is 5.91 Å². The van der Waals surface area contributed by atoms with Crippen LogP contribution in [-0.4, -0.2) is 82.6 Å². The Kier molecular flexibility index (Phi) is 24.4. The molecule has 15 heteroatoms. The molecule has 1 amide bonds. The molecule has 11 nitrogen and oxygen atoms in total. The van der Waals surface area contributed by atoms with Gasteiger partial charge in [0.1, 0.15) is 18.1 Å². The van der Waals surface area contributed by atoms with E-state index in [1.807, 2.05) is 6.07 Å². The lowest BCUT2D eigenvalue weighted by Gasteiger charge is -2.16. The molecule has 2 aromatic rings. The van der Waals surface area contributed by atoms with Crippen molar-refractivity contribution in [3.8, 4) is 0 Å². The van der Waals surface area contributed by atoms with Gasteiger partial charge in [0.2, 0.25) is 5.12 Å². The van der Waals surface area contributed by atoms with Gasteiger partial charge in [0.05, 0.1) is 13.2 Å². The number of ether oxygens (including phenoxy) is 2. The van der Waals surface area contributed by atoms with E-state index in [1.54, 1.807) is 68.4 Å². The number of hydrogen-bond donors (Lipinski definition) is 6. The van der Waals surface area contributed by atoms with Gasteiger partial charge in [-0.25, -0.2) is 4.79 Å². The van der Waals surface area contributed by atoms with Crippen LogP contribution < -0.4 is 16.8 Å². The Morgan fingerprint density at radius 2 is 1.26 bits per heavy atom. The SMILES string of the molecule is CCOC(=O)[C@@H](N)CS.CCOC(=O)[C@H](CSC(=O)c1ccccc1)NC(=O)c1ccccc1.Cl.N[C@@H](CS)C(=O)O. The molecule has 0 aliphatic rings. The van der Waals surface area contributed by atoms with Crippen molar-refractivity contribution in [2.45, 2.75) is 32.0 Å². The summed E-state index contributed by atoms with van der Waals surface area (Å²) in [5.74, 6) is -1.70. The third kappa shape index (κ3) is 17.9. The molecule has 2 rings (SSSR count). The summed E-state index contributed by atoms with van der Waals surface area (Å²) in [7, 11) is 0. The second-order valence-electron chi connectivity index (χ2n) is 7.78. The summed E-state index contributed by atoms with van der Waals surface area (Å²) in [5, 5.41) is 10.5. The van der Waals surface area contributed by atoms with Crippen molar-refractivity contribution < 1.29 is 38.6 Å². The Morgan fingerprint density at radius 3 is 1.67 bits per heavy atom. The molecule has 6 N–H and O–H groups in total. The standard InChI is InChI=1S/C19H19NO4S.C5H11NO2S.C3H7NO2S.ClH/c1-2-24-18(22)16(20-17(21)14-9-5-3-6-10-14)13-25-19(23)15-11-7-4-8-12-15;1-2-8-5(7)4(6)3-9;4-2(1-7)3(5)6;/h3-12,16H,2,13H2,1H3,(H,20,21);4,9H,2-3,6H2,1H3;2,7H,1,4H2,(H,5,6);1H/t16-;4-;2-;/m000./s1. The van der Waals surface area contributed by atoms with Crippen molar-refractivity contribution in [2.24, 2.45) is 11.5 Å². The van der Waals surface area contributed by atoms with Crippen LogP contribution in [0.1, 0.15) is 34.6 Å². The number of hydrogen-bond acceptors (Lipinski definition) is 12. The van der Waals surface area contributed by atoms with E-state index in [4.69, 9.17) is 21.3 Å². The van der Waals surface area contributed by atoms with Crippen LogP contribution in [-0.2, 0) is 23.9 Å². The summed E-state index contributed by atoms with van der Waals surface area (Å²) < 4.78 is 9.58. The molecule has 0 spiro atoms. The van der Waals surface area contributed by atoms with Gasteiger partial charge < -0.3 is 31.4 Å². The third-order valence-corrected chi connectivity index (χ3v) is 6.39. The van der Waals surface area contributed by atoms with Crippen molar-refractivity contribution in [3.05, 3.63) is 71.8 Å². The smallest absolute Gasteiger partial charge is 0.329 e. The first-order valence-corrected chi connectivity index (χ1v) is 14.6. The Labute approximate surface area is 267 Å². The fraction of sp³-hybridized carbons (Fsp3) is 0.370. The molecule has 0 saturated heterocycles. The fourth-order valence-electron chi connectivity index (χ4n) is 2.46. The van der Waals surface area contributed by atoms with Gasteiger partial charge in [-0.3, -0.25) is 19.2 Å². The number of thiol groups is 2. The van der Waals surface area contributed by atoms with Crippen LogP contribution in [0.2, 0.25) is 0 Å². The second-order valence-corrected chi connectivity index (χ2v) is 9.50. The summed E-state index contributed by atoms with van der Waals surface area (Å²) in [5.41, 5.74) is 11.2. The van der Waals surface area contributed by atoms with E-state index >= 15 is 0 Å². The first kappa shape index (κ1) is 41.4. The minimum Gasteiger partial charge on any atom is -0.480 e. The van der Waals surface area contributed by atoms with E-state index in [1.165, 1.54) is 0 Å². The quantitative estimate of drug-likeness (QED) is 0.145. The molecule has 0 aliphatic carbocycles. The lowest BCUT2D eigenvalue weighted by molar-refractivity contribution is -0.145. The minimum atomic E-state index is -1.00. The predicted molar refractivity (Wildman–Crippen MR) is 173 cm³/mol. The van der Waals surface area contributed by atoms with Crippen molar-refractivity contribution in [1.29, 1.82) is 0 Å². The van der Waals surface area contributed by atoms with Gasteiger partial charge in [-0.05, 0) is 26.0 Å². The third-order valence-electron chi connectivity index (χ3n) is 4.60. The van der Waals surface area contributed by atoms with Crippen LogP contribution in [0.15, 0.2) is 60.7 Å². The first-order valence-electron chi connectivity index (χ1n) is 12.4. The molecule has 0 unspecified atom stereocenters. The number of carbonyl (C=O) groups is 5. The molecule has 0 bridgehead atoms. The minimum absolute atomic E-state index is 0. The lowest BCUT2D eigenvalue weighted by atomic mass is 10.2. The van der Waals surface area contributed by atoms with E-state index in [9.17, 15) is 24.0 Å². The molecule has 0 heterocycles. The number of nitrogens with one attached hydrogen (secondary N) is 1. The number of aliphatic carboxylic acids is 1. The summed E-state index contributed by atoms with van der Waals surface area (Å²) in [4.78, 5) is 56.9. The number of nitrogens with two attached hydrogens (primary N) is 2. The lowest BCUT2D eigenvalue weighted by Crippen LogP contribution is -2.43. The molecule has 3 atom stereocenters. The van der Waals surface area contributed by atoms with Crippen LogP contribution in [0.4, 0.5) is 0 Å². The highest BCUT2D eigenvalue weighted by molar-refractivity contribution is 8.14. The van der Waals surface area contributed by atoms with Crippen molar-refractivity contribution in [1.82, 2.24) is 5.32 Å². The number of benzene rings is 2. The molecule has 0 aliphatic heterocycles. The van der Waals surface area contributed by atoms with E-state index in [2.05, 4.69) is 35.3 Å². The molecule has 42 heavy (non-hydrogen) atoms. The number of rotatable bonds is 12. The maximum atomic E-state index is 12.3. The predicted octanol–water partition coefficient (Wildman–Crippen LogP) is 2.48. The van der Waals surface area contributed by atoms with Gasteiger partial charge in [0, 0.05) is 28.4 Å². The van der Waals surface area contributed by atoms with Gasteiger partial charge >= 0.3 is 17.9 Å². The van der Waals surface area contributed by atoms with Crippen molar-refractivity contribution in [3.63, 3.8) is 0 Å². The van der Waals surface area contributed by atoms with E-state index < -0.39 is 30.1 Å². The molecular weight excluding hydrogens is 626 g/mol. The van der Waals surface area contributed by atoms with E-state index in [0.29, 0.717) is 23.5 Å². The summed E-state index contributed by atoms with van der Waals surface area (Å²) >= 11 is 8.45. The number of carboxylic acid groups (broad SMARTS) is 1. The molecular formula is C27H38ClN3O8S3. The number of esters is 2. The number of thioether (sulfide) groups is 1. The van der Waals surface area contributed by atoms with Crippen molar-refractivity contribution >= 4 is 78.4 Å². The summed E-state index contributed by atoms with van der Waals surface area (Å²) in [6.45, 7) is 4.01. The van der Waals surface area contributed by atoms with Crippen LogP contribution in [0.3, 0.4) is 0 Å². The number of carboxylic acids is 1. The maximum Gasteiger partial charge on any atom is 0.329 e. The van der Waals surface area contributed by atoms with Crippen molar-refractivity contribution in [2.75, 3.05) is 30.5 Å². The largest absolute Gasteiger partial charge is 0.480 e. The van der Waals surface area contributed by atoms with Crippen LogP contribution >= 0.6 is 49.4 Å². The Morgan fingerprint density at radius 1 is 0.810 bits per heavy atom. The Hall–Kier alpha value is -2.75. The second kappa shape index (κ2) is 24.8. The number of amides is 1. The van der Waals surface area contributed by atoms with Crippen LogP contribution in [0, 0.1) is 0 Å². The van der Waals surface area contributed by atoms with Crippen LogP contribution in [0.25, 0.3) is 0 Å². The highest BCUT2D eigenvalue weighted by Gasteiger charge is 2.24. The van der Waals surface area contributed by atoms with Gasteiger partial charge in [-0.2, -0.15) is 25.3 Å². The molecule has 2 aromatic carbocycles. The first-order chi connectivity index (χ1) is 19.5. The Balaban J connectivity index is 0. The molecule has 0 fully saturated rings. The van der Waals surface area contributed by atoms with E-state index in [0.717, 1.165) is 11.8 Å². The summed E-state index contributed by atoms with van der Waals surface area (Å²) in [6.07, 6.45) is 0. The number of halogens is 1. The average molecular weight is 664 g/mol. The fourth-order valence-corrected chi connectivity index (χ4v) is 3.61. The topological polar surface area (TPSA) is 188 Å². The normalized spacial score (nSPS) is 11.8. The molecule has 234 valence electrons. The highest BCUT2D eigenvalue weighted by Crippen LogP contribution is 2.14. The molecule has 0 saturated carbocycles. The highest BCUT2D eigenvalue weighted by atomic mass is 35.5. The van der Waals surface area contributed by atoms with Gasteiger partial charge in [-0.1, -0.05) is 60.3 Å². The van der Waals surface area contributed by atoms with Gasteiger partial charge in [-0.15, -0.1) is 12.4 Å². The van der Waals surface area contributed by atoms with E-state index in [-0.39, 0.29) is 47.5 Å². The van der Waals surface area contributed by atoms with Crippen LogP contribution in [0.5, 0.6) is 0 Å². The zero-order chi connectivity index (χ0) is 31.2. The Bertz CT molecular complexity index is 1080. The maximum absolute atomic E-state index is 12.3.